The van der Waals surface area contributed by atoms with E-state index >= 15 is 0 Å². The molecule has 2 aromatic rings. The highest BCUT2D eigenvalue weighted by Gasteiger charge is 2.20. The number of hydrogen-bond donors (Lipinski definition) is 2. The highest BCUT2D eigenvalue weighted by atomic mass is 16.7. The topological polar surface area (TPSA) is 90.7 Å². The largest absolute Gasteiger partial charge is 0.491 e. The van der Waals surface area contributed by atoms with Crippen molar-refractivity contribution in [3.63, 3.8) is 0 Å². The fourth-order valence-corrected chi connectivity index (χ4v) is 2.92. The molecule has 0 radical (unpaired) electrons. The van der Waals surface area contributed by atoms with Gasteiger partial charge in [0.25, 0.3) is 0 Å². The van der Waals surface area contributed by atoms with Gasteiger partial charge in [-0.3, -0.25) is 0 Å². The van der Waals surface area contributed by atoms with E-state index < -0.39 is 6.10 Å². The lowest BCUT2D eigenvalue weighted by Crippen LogP contribution is -2.42. The van der Waals surface area contributed by atoms with Crippen LogP contribution in [0, 0.1) is 0 Å². The van der Waals surface area contributed by atoms with E-state index in [-0.39, 0.29) is 13.4 Å². The first-order valence-electron chi connectivity index (χ1n) is 8.08. The molecule has 2 N–H and O–H groups in total. The molecule has 4 rings (SSSR count). The van der Waals surface area contributed by atoms with Crippen LogP contribution >= 0.6 is 0 Å². The number of fused-ring (bicyclic) bond motifs is 2. The average molecular weight is 332 g/mol. The average Bonchev–Trinajstić information content (AvgIpc) is 3.25. The molecule has 2 aliphatic heterocycles. The second kappa shape index (κ2) is 6.66. The Labute approximate surface area is 139 Å². The number of benzene rings is 1. The van der Waals surface area contributed by atoms with E-state index in [4.69, 9.17) is 14.2 Å². The number of nitrogens with zero attached hydrogens (tertiary/aromatic N) is 3. The third-order valence-corrected chi connectivity index (χ3v) is 4.23. The van der Waals surface area contributed by atoms with Gasteiger partial charge in [0, 0.05) is 25.1 Å². The van der Waals surface area contributed by atoms with Crippen LogP contribution in [-0.2, 0) is 13.0 Å². The number of nitrogens with one attached hydrogen (secondary N) is 1. The summed E-state index contributed by atoms with van der Waals surface area (Å²) in [4.78, 5) is 4.21. The SMILES string of the molecule is O[C@@H](CN[C@@H]1CCc2ncnn2C1)COc1ccc2c(c1)OCO2. The number of aromatic nitrogens is 3. The van der Waals surface area contributed by atoms with Crippen LogP contribution in [0.2, 0.25) is 0 Å². The summed E-state index contributed by atoms with van der Waals surface area (Å²) in [7, 11) is 0. The minimum absolute atomic E-state index is 0.216. The van der Waals surface area contributed by atoms with E-state index in [0.717, 1.165) is 25.2 Å². The van der Waals surface area contributed by atoms with Crippen molar-refractivity contribution in [2.24, 2.45) is 0 Å². The molecule has 0 saturated carbocycles. The summed E-state index contributed by atoms with van der Waals surface area (Å²) in [5, 5.41) is 17.7. The maximum absolute atomic E-state index is 10.1. The van der Waals surface area contributed by atoms with Crippen molar-refractivity contribution in [2.75, 3.05) is 19.9 Å². The Balaban J connectivity index is 1.22. The quantitative estimate of drug-likeness (QED) is 0.789. The molecule has 0 spiro atoms. The Morgan fingerprint density at radius 1 is 1.38 bits per heavy atom. The summed E-state index contributed by atoms with van der Waals surface area (Å²) in [5.41, 5.74) is 0. The van der Waals surface area contributed by atoms with Crippen LogP contribution in [0.5, 0.6) is 17.2 Å². The summed E-state index contributed by atoms with van der Waals surface area (Å²) in [6.45, 7) is 1.71. The Morgan fingerprint density at radius 3 is 3.25 bits per heavy atom. The Morgan fingerprint density at radius 2 is 2.29 bits per heavy atom. The minimum atomic E-state index is -0.590. The molecule has 128 valence electrons. The number of aliphatic hydroxyl groups excluding tert-OH is 1. The zero-order valence-corrected chi connectivity index (χ0v) is 13.2. The van der Waals surface area contributed by atoms with Gasteiger partial charge >= 0.3 is 0 Å². The number of rotatable bonds is 6. The molecular formula is C16H20N4O4. The van der Waals surface area contributed by atoms with Crippen molar-refractivity contribution in [1.29, 1.82) is 0 Å². The summed E-state index contributed by atoms with van der Waals surface area (Å²) < 4.78 is 18.1. The fourth-order valence-electron chi connectivity index (χ4n) is 2.92. The van der Waals surface area contributed by atoms with Gasteiger partial charge < -0.3 is 24.6 Å². The molecule has 0 amide bonds. The standard InChI is InChI=1S/C16H20N4O4/c21-12(6-17-11-1-4-16-18-9-19-20(16)7-11)8-22-13-2-3-14-15(5-13)24-10-23-14/h2-3,5,9,11-12,17,21H,1,4,6-8,10H2/t11-,12+/m1/s1. The van der Waals surface area contributed by atoms with E-state index in [2.05, 4.69) is 15.4 Å². The maximum Gasteiger partial charge on any atom is 0.231 e. The van der Waals surface area contributed by atoms with Gasteiger partial charge in [-0.05, 0) is 18.6 Å². The Hall–Kier alpha value is -2.32. The van der Waals surface area contributed by atoms with Gasteiger partial charge in [-0.2, -0.15) is 5.10 Å². The van der Waals surface area contributed by atoms with Gasteiger partial charge in [-0.25, -0.2) is 9.67 Å². The minimum Gasteiger partial charge on any atom is -0.491 e. The molecular weight excluding hydrogens is 312 g/mol. The maximum atomic E-state index is 10.1. The van der Waals surface area contributed by atoms with Crippen LogP contribution in [0.25, 0.3) is 0 Å². The van der Waals surface area contributed by atoms with E-state index in [9.17, 15) is 5.11 Å². The molecule has 0 saturated heterocycles. The van der Waals surface area contributed by atoms with Gasteiger partial charge in [0.15, 0.2) is 11.5 Å². The van der Waals surface area contributed by atoms with Crippen LogP contribution in [0.15, 0.2) is 24.5 Å². The summed E-state index contributed by atoms with van der Waals surface area (Å²) >= 11 is 0. The van der Waals surface area contributed by atoms with Crippen LogP contribution in [0.4, 0.5) is 0 Å². The summed E-state index contributed by atoms with van der Waals surface area (Å²) in [6, 6.07) is 5.68. The van der Waals surface area contributed by atoms with Crippen molar-refractivity contribution in [1.82, 2.24) is 20.1 Å². The normalized spacial score (nSPS) is 19.8. The van der Waals surface area contributed by atoms with Gasteiger partial charge in [-0.15, -0.1) is 0 Å². The highest BCUT2D eigenvalue weighted by Crippen LogP contribution is 2.35. The second-order valence-corrected chi connectivity index (χ2v) is 5.98. The molecule has 3 heterocycles. The van der Waals surface area contributed by atoms with Crippen LogP contribution < -0.4 is 19.5 Å². The third kappa shape index (κ3) is 3.29. The van der Waals surface area contributed by atoms with E-state index in [0.29, 0.717) is 29.8 Å². The van der Waals surface area contributed by atoms with Crippen molar-refractivity contribution < 1.29 is 19.3 Å². The third-order valence-electron chi connectivity index (χ3n) is 4.23. The highest BCUT2D eigenvalue weighted by molar-refractivity contribution is 5.46. The van der Waals surface area contributed by atoms with Crippen molar-refractivity contribution in [2.45, 2.75) is 31.5 Å². The molecule has 0 unspecified atom stereocenters. The first-order valence-corrected chi connectivity index (χ1v) is 8.08. The number of aliphatic hydroxyl groups is 1. The number of aryl methyl sites for hydroxylation is 1. The van der Waals surface area contributed by atoms with Gasteiger partial charge in [0.2, 0.25) is 6.79 Å². The van der Waals surface area contributed by atoms with Crippen LogP contribution in [0.1, 0.15) is 12.2 Å². The van der Waals surface area contributed by atoms with E-state index in [1.165, 1.54) is 0 Å². The lowest BCUT2D eigenvalue weighted by Gasteiger charge is -2.24. The molecule has 8 nitrogen and oxygen atoms in total. The van der Waals surface area contributed by atoms with Crippen molar-refractivity contribution >= 4 is 0 Å². The molecule has 0 bridgehead atoms. The molecule has 24 heavy (non-hydrogen) atoms. The Bertz CT molecular complexity index is 705. The summed E-state index contributed by atoms with van der Waals surface area (Å²) in [6.07, 6.45) is 2.90. The van der Waals surface area contributed by atoms with Crippen molar-refractivity contribution in [3.05, 3.63) is 30.4 Å². The molecule has 0 fully saturated rings. The van der Waals surface area contributed by atoms with E-state index in [1.54, 1.807) is 24.5 Å². The summed E-state index contributed by atoms with van der Waals surface area (Å²) in [5.74, 6) is 3.07. The molecule has 0 aliphatic carbocycles. The van der Waals surface area contributed by atoms with E-state index in [1.807, 2.05) is 4.68 Å². The van der Waals surface area contributed by atoms with Gasteiger partial charge in [0.1, 0.15) is 30.6 Å². The molecule has 2 atom stereocenters. The zero-order valence-electron chi connectivity index (χ0n) is 13.2. The molecule has 2 aliphatic rings. The lowest BCUT2D eigenvalue weighted by molar-refractivity contribution is 0.101. The predicted molar refractivity (Wildman–Crippen MR) is 84.2 cm³/mol. The van der Waals surface area contributed by atoms with Gasteiger partial charge in [-0.1, -0.05) is 0 Å². The Kier molecular flexibility index (Phi) is 4.22. The zero-order chi connectivity index (χ0) is 16.4. The van der Waals surface area contributed by atoms with Crippen LogP contribution in [0.3, 0.4) is 0 Å². The smallest absolute Gasteiger partial charge is 0.231 e. The van der Waals surface area contributed by atoms with Crippen LogP contribution in [-0.4, -0.2) is 52.0 Å². The lowest BCUT2D eigenvalue weighted by atomic mass is 10.1. The van der Waals surface area contributed by atoms with Crippen molar-refractivity contribution in [3.8, 4) is 17.2 Å². The number of ether oxygens (including phenoxy) is 3. The first-order chi connectivity index (χ1) is 11.8. The fraction of sp³-hybridized carbons (Fsp3) is 0.500. The second-order valence-electron chi connectivity index (χ2n) is 5.98. The first kappa shape index (κ1) is 15.2. The molecule has 8 heteroatoms. The predicted octanol–water partition coefficient (Wildman–Crippen LogP) is 0.351. The monoisotopic (exact) mass is 332 g/mol. The number of hydrogen-bond acceptors (Lipinski definition) is 7. The molecule has 1 aromatic heterocycles. The van der Waals surface area contributed by atoms with Gasteiger partial charge in [0.05, 0.1) is 6.54 Å². The molecule has 1 aromatic carbocycles.